The zero-order chi connectivity index (χ0) is 6.53. The van der Waals surface area contributed by atoms with Gasteiger partial charge in [0.15, 0.2) is 0 Å². The molecule has 0 bridgehead atoms. The molecule has 48 valence electrons. The molecule has 0 spiro atoms. The zero-order valence-corrected chi connectivity index (χ0v) is 4.91. The van der Waals surface area contributed by atoms with Crippen LogP contribution >= 0.6 is 0 Å². The fourth-order valence-electron chi connectivity index (χ4n) is 0.594. The van der Waals surface area contributed by atoms with Crippen molar-refractivity contribution >= 4 is 0 Å². The van der Waals surface area contributed by atoms with E-state index in [4.69, 9.17) is 5.21 Å². The van der Waals surface area contributed by atoms with Crippen molar-refractivity contribution in [3.05, 3.63) is 30.1 Å². The van der Waals surface area contributed by atoms with E-state index < -0.39 is 0 Å². The molecule has 1 aromatic rings. The molecule has 0 aliphatic heterocycles. The van der Waals surface area contributed by atoms with Crippen molar-refractivity contribution in [1.29, 1.82) is 0 Å². The average Bonchev–Trinajstić information content (AvgIpc) is 1.91. The molecule has 3 nitrogen and oxygen atoms in total. The summed E-state index contributed by atoms with van der Waals surface area (Å²) in [5, 5.41) is 8.24. The molecular weight excluding hydrogens is 116 g/mol. The molecule has 0 aromatic carbocycles. The minimum Gasteiger partial charge on any atom is -0.316 e. The Bertz CT molecular complexity index is 164. The topological polar surface area (TPSA) is 45.1 Å². The van der Waals surface area contributed by atoms with Crippen LogP contribution < -0.4 is 5.48 Å². The van der Waals surface area contributed by atoms with Crippen molar-refractivity contribution in [1.82, 2.24) is 10.5 Å². The highest BCUT2D eigenvalue weighted by Crippen LogP contribution is 1.92. The largest absolute Gasteiger partial charge is 0.316 e. The van der Waals surface area contributed by atoms with Crippen molar-refractivity contribution in [3.63, 3.8) is 0 Å². The molecule has 0 saturated carbocycles. The summed E-state index contributed by atoms with van der Waals surface area (Å²) < 4.78 is 0. The Hall–Kier alpha value is -0.930. The molecule has 9 heavy (non-hydrogen) atoms. The van der Waals surface area contributed by atoms with E-state index in [9.17, 15) is 0 Å². The second-order valence-corrected chi connectivity index (χ2v) is 1.70. The lowest BCUT2D eigenvalue weighted by Crippen LogP contribution is -2.05. The number of nitrogens with zero attached hydrogens (tertiary/aromatic N) is 1. The second kappa shape index (κ2) is 3.17. The van der Waals surface area contributed by atoms with Crippen molar-refractivity contribution in [2.24, 2.45) is 0 Å². The molecule has 1 rings (SSSR count). The number of pyridine rings is 1. The molecule has 0 saturated heterocycles. The number of aromatic nitrogens is 1. The Kier molecular flexibility index (Phi) is 2.18. The smallest absolute Gasteiger partial charge is 0.0473 e. The molecular formula is C6H8N2O. The van der Waals surface area contributed by atoms with Crippen LogP contribution in [0.4, 0.5) is 0 Å². The van der Waals surface area contributed by atoms with Crippen LogP contribution in [-0.2, 0) is 6.54 Å². The first-order valence-corrected chi connectivity index (χ1v) is 2.69. The van der Waals surface area contributed by atoms with Gasteiger partial charge in [0.05, 0.1) is 0 Å². The number of nitrogens with one attached hydrogen (secondary N) is 1. The molecule has 2 N–H and O–H groups in total. The third-order valence-corrected chi connectivity index (χ3v) is 1.01. The standard InChI is InChI=1S/C6H8N2O/c9-8-5-6-2-1-3-7-4-6/h1-4,8-9H,5H2. The molecule has 1 heterocycles. The van der Waals surface area contributed by atoms with E-state index in [1.165, 1.54) is 0 Å². The molecule has 1 aromatic heterocycles. The van der Waals surface area contributed by atoms with Crippen LogP contribution in [0.3, 0.4) is 0 Å². The maximum absolute atomic E-state index is 8.24. The number of rotatable bonds is 2. The highest BCUT2D eigenvalue weighted by atomic mass is 16.5. The SMILES string of the molecule is ONCc1cccnc1. The quantitative estimate of drug-likeness (QED) is 0.566. The molecule has 3 heteroatoms. The summed E-state index contributed by atoms with van der Waals surface area (Å²) >= 11 is 0. The highest BCUT2D eigenvalue weighted by Gasteiger charge is 1.85. The molecule has 0 fully saturated rings. The van der Waals surface area contributed by atoms with E-state index in [1.54, 1.807) is 12.4 Å². The van der Waals surface area contributed by atoms with E-state index >= 15 is 0 Å². The van der Waals surface area contributed by atoms with Crippen LogP contribution in [-0.4, -0.2) is 10.2 Å². The van der Waals surface area contributed by atoms with E-state index in [2.05, 4.69) is 4.98 Å². The van der Waals surface area contributed by atoms with Crippen molar-refractivity contribution in [2.75, 3.05) is 0 Å². The molecule has 0 aliphatic rings. The Balaban J connectivity index is 2.61. The predicted molar refractivity (Wildman–Crippen MR) is 32.9 cm³/mol. The van der Waals surface area contributed by atoms with Crippen LogP contribution in [0.1, 0.15) is 5.56 Å². The van der Waals surface area contributed by atoms with Crippen molar-refractivity contribution in [3.8, 4) is 0 Å². The van der Waals surface area contributed by atoms with Crippen LogP contribution in [0.5, 0.6) is 0 Å². The van der Waals surface area contributed by atoms with Gasteiger partial charge in [0.25, 0.3) is 0 Å². The van der Waals surface area contributed by atoms with Crippen LogP contribution in [0.25, 0.3) is 0 Å². The molecule has 0 radical (unpaired) electrons. The van der Waals surface area contributed by atoms with Crippen molar-refractivity contribution < 1.29 is 5.21 Å². The molecule has 0 aliphatic carbocycles. The fraction of sp³-hybridized carbons (Fsp3) is 0.167. The number of hydroxylamine groups is 1. The van der Waals surface area contributed by atoms with Gasteiger partial charge < -0.3 is 5.21 Å². The summed E-state index contributed by atoms with van der Waals surface area (Å²) in [6.07, 6.45) is 3.39. The first-order valence-electron chi connectivity index (χ1n) is 2.69. The van der Waals surface area contributed by atoms with Gasteiger partial charge in [0.2, 0.25) is 0 Å². The summed E-state index contributed by atoms with van der Waals surface area (Å²) in [5.41, 5.74) is 3.02. The maximum Gasteiger partial charge on any atom is 0.0473 e. The predicted octanol–water partition coefficient (Wildman–Crippen LogP) is 0.560. The molecule has 0 amide bonds. The van der Waals surface area contributed by atoms with Gasteiger partial charge in [-0.25, -0.2) is 5.48 Å². The summed E-state index contributed by atoms with van der Waals surface area (Å²) in [6, 6.07) is 3.71. The van der Waals surface area contributed by atoms with Crippen LogP contribution in [0, 0.1) is 0 Å². The monoisotopic (exact) mass is 124 g/mol. The van der Waals surface area contributed by atoms with Gasteiger partial charge in [-0.15, -0.1) is 0 Å². The van der Waals surface area contributed by atoms with E-state index in [0.29, 0.717) is 6.54 Å². The first kappa shape index (κ1) is 6.19. The van der Waals surface area contributed by atoms with Gasteiger partial charge in [0.1, 0.15) is 0 Å². The van der Waals surface area contributed by atoms with Gasteiger partial charge in [-0.2, -0.15) is 0 Å². The Morgan fingerprint density at radius 3 is 3.11 bits per heavy atom. The van der Waals surface area contributed by atoms with Gasteiger partial charge in [-0.3, -0.25) is 4.98 Å². The number of hydrogen-bond acceptors (Lipinski definition) is 3. The minimum absolute atomic E-state index is 0.452. The Morgan fingerprint density at radius 1 is 1.67 bits per heavy atom. The highest BCUT2D eigenvalue weighted by molar-refractivity contribution is 5.07. The third-order valence-electron chi connectivity index (χ3n) is 1.01. The summed E-state index contributed by atoms with van der Waals surface area (Å²) in [5.74, 6) is 0. The molecule has 0 unspecified atom stereocenters. The average molecular weight is 124 g/mol. The van der Waals surface area contributed by atoms with Crippen LogP contribution in [0.15, 0.2) is 24.5 Å². The molecule has 0 atom stereocenters. The number of hydrogen-bond donors (Lipinski definition) is 2. The van der Waals surface area contributed by atoms with Crippen molar-refractivity contribution in [2.45, 2.75) is 6.54 Å². The van der Waals surface area contributed by atoms with Gasteiger partial charge >= 0.3 is 0 Å². The summed E-state index contributed by atoms with van der Waals surface area (Å²) in [6.45, 7) is 0.452. The maximum atomic E-state index is 8.24. The van der Waals surface area contributed by atoms with E-state index in [-0.39, 0.29) is 0 Å². The lowest BCUT2D eigenvalue weighted by molar-refractivity contribution is 0.161. The van der Waals surface area contributed by atoms with Gasteiger partial charge in [0, 0.05) is 18.9 Å². The summed E-state index contributed by atoms with van der Waals surface area (Å²) in [7, 11) is 0. The van der Waals surface area contributed by atoms with Crippen LogP contribution in [0.2, 0.25) is 0 Å². The normalized spacial score (nSPS) is 9.44. The second-order valence-electron chi connectivity index (χ2n) is 1.70. The minimum atomic E-state index is 0.452. The third kappa shape index (κ3) is 1.79. The van der Waals surface area contributed by atoms with Gasteiger partial charge in [-0.05, 0) is 11.6 Å². The summed E-state index contributed by atoms with van der Waals surface area (Å²) in [4.78, 5) is 3.85. The Labute approximate surface area is 53.3 Å². The fourth-order valence-corrected chi connectivity index (χ4v) is 0.594. The van der Waals surface area contributed by atoms with Gasteiger partial charge in [-0.1, -0.05) is 6.07 Å². The lowest BCUT2D eigenvalue weighted by Gasteiger charge is -1.94. The zero-order valence-electron chi connectivity index (χ0n) is 4.91. The Morgan fingerprint density at radius 2 is 2.56 bits per heavy atom. The lowest BCUT2D eigenvalue weighted by atomic mass is 10.3. The first-order chi connectivity index (χ1) is 4.43. The van der Waals surface area contributed by atoms with E-state index in [0.717, 1.165) is 5.56 Å². The van der Waals surface area contributed by atoms with E-state index in [1.807, 2.05) is 17.6 Å².